The summed E-state index contributed by atoms with van der Waals surface area (Å²) in [5.74, 6) is -1.02. The van der Waals surface area contributed by atoms with E-state index < -0.39 is 22.0 Å². The summed E-state index contributed by atoms with van der Waals surface area (Å²) in [6.07, 6.45) is 1.82. The third-order valence-corrected chi connectivity index (χ3v) is 4.67. The molecule has 124 valence electrons. The van der Waals surface area contributed by atoms with Gasteiger partial charge < -0.3 is 10.4 Å². The van der Waals surface area contributed by atoms with Gasteiger partial charge in [-0.15, -0.1) is 0 Å². The predicted molar refractivity (Wildman–Crippen MR) is 80.3 cm³/mol. The molecule has 3 N–H and O–H groups in total. The molecule has 7 nitrogen and oxygen atoms in total. The van der Waals surface area contributed by atoms with E-state index in [0.29, 0.717) is 25.8 Å². The van der Waals surface area contributed by atoms with E-state index in [1.807, 2.05) is 6.92 Å². The van der Waals surface area contributed by atoms with Gasteiger partial charge in [0.25, 0.3) is 0 Å². The monoisotopic (exact) mass is 322 g/mol. The van der Waals surface area contributed by atoms with E-state index in [0.717, 1.165) is 0 Å². The second-order valence-corrected chi connectivity index (χ2v) is 7.15. The summed E-state index contributed by atoms with van der Waals surface area (Å²) < 4.78 is 25.4. The van der Waals surface area contributed by atoms with Gasteiger partial charge in [-0.1, -0.05) is 13.8 Å². The van der Waals surface area contributed by atoms with Crippen LogP contribution in [-0.4, -0.2) is 43.7 Å². The second-order valence-electron chi connectivity index (χ2n) is 5.28. The van der Waals surface area contributed by atoms with E-state index in [9.17, 15) is 18.0 Å². The first-order valence-electron chi connectivity index (χ1n) is 7.17. The lowest BCUT2D eigenvalue weighted by atomic mass is 10.0. The summed E-state index contributed by atoms with van der Waals surface area (Å²) in [5.41, 5.74) is 0. The number of amides is 1. The van der Waals surface area contributed by atoms with Gasteiger partial charge in [-0.25, -0.2) is 13.1 Å². The number of carbonyl (C=O) groups is 2. The van der Waals surface area contributed by atoms with E-state index in [1.165, 1.54) is 6.92 Å². The van der Waals surface area contributed by atoms with Crippen molar-refractivity contribution in [3.05, 3.63) is 0 Å². The van der Waals surface area contributed by atoms with Crippen molar-refractivity contribution in [2.24, 2.45) is 5.92 Å². The highest BCUT2D eigenvalue weighted by molar-refractivity contribution is 7.89. The minimum absolute atomic E-state index is 0.00313. The zero-order valence-corrected chi connectivity index (χ0v) is 13.7. The SMILES string of the molecule is CCCS(=O)(=O)NC(C)C(=O)NCCC(C)CCC(=O)O. The van der Waals surface area contributed by atoms with Crippen molar-refractivity contribution in [3.63, 3.8) is 0 Å². The number of rotatable bonds is 11. The van der Waals surface area contributed by atoms with Crippen molar-refractivity contribution in [2.75, 3.05) is 12.3 Å². The molecule has 0 aromatic heterocycles. The fourth-order valence-corrected chi connectivity index (χ4v) is 3.06. The first kappa shape index (κ1) is 19.9. The van der Waals surface area contributed by atoms with Crippen LogP contribution in [0.5, 0.6) is 0 Å². The van der Waals surface area contributed by atoms with Gasteiger partial charge in [-0.2, -0.15) is 0 Å². The van der Waals surface area contributed by atoms with Crippen LogP contribution >= 0.6 is 0 Å². The third kappa shape index (κ3) is 10.3. The van der Waals surface area contributed by atoms with Gasteiger partial charge in [0.1, 0.15) is 0 Å². The van der Waals surface area contributed by atoms with Gasteiger partial charge in [-0.3, -0.25) is 9.59 Å². The molecule has 0 aliphatic carbocycles. The fourth-order valence-electron chi connectivity index (χ4n) is 1.76. The van der Waals surface area contributed by atoms with Crippen LogP contribution in [0.2, 0.25) is 0 Å². The molecule has 8 heteroatoms. The number of carbonyl (C=O) groups excluding carboxylic acids is 1. The maximum Gasteiger partial charge on any atom is 0.303 e. The van der Waals surface area contributed by atoms with E-state index >= 15 is 0 Å². The van der Waals surface area contributed by atoms with Crippen molar-refractivity contribution in [3.8, 4) is 0 Å². The lowest BCUT2D eigenvalue weighted by molar-refractivity contribution is -0.137. The molecular formula is C13H26N2O5S. The highest BCUT2D eigenvalue weighted by Gasteiger charge is 2.19. The Morgan fingerprint density at radius 2 is 1.81 bits per heavy atom. The van der Waals surface area contributed by atoms with Crippen LogP contribution in [0, 0.1) is 5.92 Å². The molecule has 0 rings (SSSR count). The van der Waals surface area contributed by atoms with Crippen molar-refractivity contribution in [2.45, 2.75) is 52.5 Å². The maximum atomic E-state index is 11.7. The van der Waals surface area contributed by atoms with Crippen LogP contribution in [0.1, 0.15) is 46.5 Å². The summed E-state index contributed by atoms with van der Waals surface area (Å²) >= 11 is 0. The Balaban J connectivity index is 4.01. The van der Waals surface area contributed by atoms with Gasteiger partial charge in [0.05, 0.1) is 11.8 Å². The standard InChI is InChI=1S/C13H26N2O5S/c1-4-9-21(19,20)15-11(3)13(18)14-8-7-10(2)5-6-12(16)17/h10-11,15H,4-9H2,1-3H3,(H,14,18)(H,16,17). The molecular weight excluding hydrogens is 296 g/mol. The van der Waals surface area contributed by atoms with Crippen LogP contribution in [0.15, 0.2) is 0 Å². The first-order valence-corrected chi connectivity index (χ1v) is 8.82. The smallest absolute Gasteiger partial charge is 0.303 e. The number of hydrogen-bond donors (Lipinski definition) is 3. The molecule has 0 bridgehead atoms. The number of aliphatic carboxylic acids is 1. The number of sulfonamides is 1. The highest BCUT2D eigenvalue weighted by Crippen LogP contribution is 2.09. The largest absolute Gasteiger partial charge is 0.481 e. The Morgan fingerprint density at radius 1 is 1.19 bits per heavy atom. The van der Waals surface area contributed by atoms with E-state index in [4.69, 9.17) is 5.11 Å². The topological polar surface area (TPSA) is 113 Å². The Morgan fingerprint density at radius 3 is 2.33 bits per heavy atom. The maximum absolute atomic E-state index is 11.7. The molecule has 0 aromatic carbocycles. The summed E-state index contributed by atoms with van der Waals surface area (Å²) in [6, 6.07) is -0.809. The lowest BCUT2D eigenvalue weighted by Gasteiger charge is -2.15. The highest BCUT2D eigenvalue weighted by atomic mass is 32.2. The Bertz CT molecular complexity index is 436. The Kier molecular flexibility index (Phi) is 9.19. The van der Waals surface area contributed by atoms with Crippen molar-refractivity contribution < 1.29 is 23.1 Å². The van der Waals surface area contributed by atoms with Crippen LogP contribution in [-0.2, 0) is 19.6 Å². The summed E-state index contributed by atoms with van der Waals surface area (Å²) in [5, 5.41) is 11.2. The van der Waals surface area contributed by atoms with Crippen LogP contribution in [0.3, 0.4) is 0 Å². The third-order valence-electron chi connectivity index (χ3n) is 3.01. The number of carboxylic acid groups (broad SMARTS) is 1. The Labute approximate surface area is 126 Å². The normalized spacial score (nSPS) is 14.4. The van der Waals surface area contributed by atoms with Gasteiger partial charge in [0.15, 0.2) is 0 Å². The molecule has 1 amide bonds. The van der Waals surface area contributed by atoms with Gasteiger partial charge in [-0.05, 0) is 32.1 Å². The van der Waals surface area contributed by atoms with Crippen LogP contribution in [0.4, 0.5) is 0 Å². The fraction of sp³-hybridized carbons (Fsp3) is 0.846. The second kappa shape index (κ2) is 9.73. The quantitative estimate of drug-likeness (QED) is 0.518. The van der Waals surface area contributed by atoms with E-state index in [-0.39, 0.29) is 24.0 Å². The summed E-state index contributed by atoms with van der Waals surface area (Å²) in [4.78, 5) is 22.2. The van der Waals surface area contributed by atoms with E-state index in [2.05, 4.69) is 10.0 Å². The molecule has 0 saturated heterocycles. The number of carboxylic acids is 1. The molecule has 0 aromatic rings. The zero-order chi connectivity index (χ0) is 16.5. The van der Waals surface area contributed by atoms with Crippen molar-refractivity contribution in [1.29, 1.82) is 0 Å². The molecule has 0 saturated carbocycles. The zero-order valence-electron chi connectivity index (χ0n) is 12.9. The lowest BCUT2D eigenvalue weighted by Crippen LogP contribution is -2.45. The van der Waals surface area contributed by atoms with Crippen LogP contribution < -0.4 is 10.0 Å². The molecule has 0 aliphatic rings. The average molecular weight is 322 g/mol. The molecule has 0 radical (unpaired) electrons. The minimum Gasteiger partial charge on any atom is -0.481 e. The molecule has 0 heterocycles. The first-order chi connectivity index (χ1) is 9.68. The molecule has 2 unspecified atom stereocenters. The minimum atomic E-state index is -3.41. The van der Waals surface area contributed by atoms with Gasteiger partial charge in [0.2, 0.25) is 15.9 Å². The Hall–Kier alpha value is -1.15. The summed E-state index contributed by atoms with van der Waals surface area (Å²) in [6.45, 7) is 5.57. The molecule has 21 heavy (non-hydrogen) atoms. The van der Waals surface area contributed by atoms with Crippen LogP contribution in [0.25, 0.3) is 0 Å². The molecule has 2 atom stereocenters. The van der Waals surface area contributed by atoms with E-state index in [1.54, 1.807) is 6.92 Å². The molecule has 0 fully saturated rings. The number of hydrogen-bond acceptors (Lipinski definition) is 4. The van der Waals surface area contributed by atoms with Crippen molar-refractivity contribution in [1.82, 2.24) is 10.0 Å². The van der Waals surface area contributed by atoms with Gasteiger partial charge >= 0.3 is 5.97 Å². The van der Waals surface area contributed by atoms with Crippen molar-refractivity contribution >= 4 is 21.9 Å². The predicted octanol–water partition coefficient (Wildman–Crippen LogP) is 0.712. The number of nitrogens with one attached hydrogen (secondary N) is 2. The molecule has 0 spiro atoms. The summed E-state index contributed by atoms with van der Waals surface area (Å²) in [7, 11) is -3.41. The molecule has 0 aliphatic heterocycles. The average Bonchev–Trinajstić information content (AvgIpc) is 2.35. The van der Waals surface area contributed by atoms with Gasteiger partial charge in [0, 0.05) is 13.0 Å².